The second kappa shape index (κ2) is 9.78. The minimum Gasteiger partial charge on any atom is -0.479 e. The molecule has 0 aliphatic carbocycles. The van der Waals surface area contributed by atoms with Gasteiger partial charge in [-0.05, 0) is 43.7 Å². The molecule has 6 heteroatoms. The van der Waals surface area contributed by atoms with Crippen LogP contribution in [0.5, 0.6) is 5.75 Å². The maximum Gasteiger partial charge on any atom is 0.347 e. The molecule has 6 nitrogen and oxygen atoms in total. The van der Waals surface area contributed by atoms with E-state index < -0.39 is 12.1 Å². The van der Waals surface area contributed by atoms with Crippen LogP contribution in [0, 0.1) is 6.92 Å². The number of ether oxygens (including phenoxy) is 2. The van der Waals surface area contributed by atoms with Crippen LogP contribution >= 0.6 is 0 Å². The van der Waals surface area contributed by atoms with Gasteiger partial charge < -0.3 is 19.3 Å². The Morgan fingerprint density at radius 1 is 0.964 bits per heavy atom. The van der Waals surface area contributed by atoms with Crippen molar-refractivity contribution in [3.8, 4) is 5.75 Å². The van der Waals surface area contributed by atoms with Gasteiger partial charge in [-0.25, -0.2) is 4.79 Å². The lowest BCUT2D eigenvalue weighted by Crippen LogP contribution is -2.34. The van der Waals surface area contributed by atoms with Gasteiger partial charge in [-0.2, -0.15) is 0 Å². The van der Waals surface area contributed by atoms with Gasteiger partial charge in [0, 0.05) is 33.4 Å². The minimum absolute atomic E-state index is 0.271. The molecule has 1 unspecified atom stereocenters. The zero-order valence-corrected chi connectivity index (χ0v) is 17.1. The van der Waals surface area contributed by atoms with Gasteiger partial charge >= 0.3 is 5.97 Å². The molecule has 2 rings (SSSR count). The van der Waals surface area contributed by atoms with E-state index in [1.54, 1.807) is 26.1 Å². The lowest BCUT2D eigenvalue weighted by atomic mass is 10.2. The van der Waals surface area contributed by atoms with Gasteiger partial charge in [0.05, 0.1) is 0 Å². The number of esters is 1. The largest absolute Gasteiger partial charge is 0.479 e. The average molecular weight is 384 g/mol. The van der Waals surface area contributed by atoms with Crippen molar-refractivity contribution in [1.82, 2.24) is 4.90 Å². The van der Waals surface area contributed by atoms with Gasteiger partial charge in [-0.3, -0.25) is 4.79 Å². The molecular formula is C22H28N2O4. The van der Waals surface area contributed by atoms with Crippen molar-refractivity contribution in [2.75, 3.05) is 32.6 Å². The maximum atomic E-state index is 12.2. The number of benzene rings is 2. The molecule has 1 atom stereocenters. The Bertz CT molecular complexity index is 785. The lowest BCUT2D eigenvalue weighted by Gasteiger charge is -2.19. The van der Waals surface area contributed by atoms with Crippen molar-refractivity contribution in [1.29, 1.82) is 0 Å². The third-order valence-electron chi connectivity index (χ3n) is 4.30. The number of rotatable bonds is 8. The first-order valence-electron chi connectivity index (χ1n) is 9.16. The molecule has 0 radical (unpaired) electrons. The zero-order chi connectivity index (χ0) is 20.7. The summed E-state index contributed by atoms with van der Waals surface area (Å²) in [5, 5.41) is 0. The molecule has 0 saturated heterocycles. The van der Waals surface area contributed by atoms with E-state index >= 15 is 0 Å². The summed E-state index contributed by atoms with van der Waals surface area (Å²) < 4.78 is 10.7. The summed E-state index contributed by atoms with van der Waals surface area (Å²) >= 11 is 0. The lowest BCUT2D eigenvalue weighted by molar-refractivity contribution is -0.157. The summed E-state index contributed by atoms with van der Waals surface area (Å²) in [5.41, 5.74) is 3.20. The number of likely N-dealkylation sites (N-methyl/N-ethyl adjacent to an activating group) is 1. The van der Waals surface area contributed by atoms with Crippen molar-refractivity contribution in [2.45, 2.75) is 26.5 Å². The van der Waals surface area contributed by atoms with Crippen LogP contribution in [0.15, 0.2) is 48.5 Å². The van der Waals surface area contributed by atoms with Gasteiger partial charge in [-0.1, -0.05) is 29.8 Å². The van der Waals surface area contributed by atoms with E-state index in [2.05, 4.69) is 0 Å². The Morgan fingerprint density at radius 2 is 1.57 bits per heavy atom. The summed E-state index contributed by atoms with van der Waals surface area (Å²) in [6.45, 7) is 3.70. The van der Waals surface area contributed by atoms with Gasteiger partial charge in [0.2, 0.25) is 0 Å². The fraction of sp³-hybridized carbons (Fsp3) is 0.364. The molecule has 2 aromatic carbocycles. The first kappa shape index (κ1) is 21.3. The Kier molecular flexibility index (Phi) is 7.44. The first-order chi connectivity index (χ1) is 13.3. The highest BCUT2D eigenvalue weighted by Gasteiger charge is 2.19. The van der Waals surface area contributed by atoms with Crippen LogP contribution in [0.1, 0.15) is 18.1 Å². The number of nitrogens with zero attached hydrogens (tertiary/aromatic N) is 2. The first-order valence-corrected chi connectivity index (χ1v) is 9.16. The van der Waals surface area contributed by atoms with E-state index in [0.29, 0.717) is 12.3 Å². The number of carbonyl (C=O) groups excluding carboxylic acids is 2. The van der Waals surface area contributed by atoms with Crippen molar-refractivity contribution in [3.63, 3.8) is 0 Å². The monoisotopic (exact) mass is 384 g/mol. The SMILES string of the molecule is Cc1ccc(OC(C)C(=O)OCC(=O)N(C)Cc2ccc(N(C)C)cc2)cc1. The van der Waals surface area contributed by atoms with E-state index in [-0.39, 0.29) is 12.5 Å². The van der Waals surface area contributed by atoms with Crippen molar-refractivity contribution in [2.24, 2.45) is 0 Å². The Labute approximate surface area is 166 Å². The molecule has 0 spiro atoms. The zero-order valence-electron chi connectivity index (χ0n) is 17.1. The number of hydrogen-bond donors (Lipinski definition) is 0. The van der Waals surface area contributed by atoms with E-state index in [9.17, 15) is 9.59 Å². The molecule has 0 bridgehead atoms. The normalized spacial score (nSPS) is 11.5. The molecular weight excluding hydrogens is 356 g/mol. The topological polar surface area (TPSA) is 59.1 Å². The summed E-state index contributed by atoms with van der Waals surface area (Å²) in [5.74, 6) is -0.259. The van der Waals surface area contributed by atoms with E-state index in [4.69, 9.17) is 9.47 Å². The second-order valence-corrected chi connectivity index (χ2v) is 6.99. The van der Waals surface area contributed by atoms with Crippen molar-refractivity contribution < 1.29 is 19.1 Å². The van der Waals surface area contributed by atoms with Gasteiger partial charge in [0.15, 0.2) is 12.7 Å². The van der Waals surface area contributed by atoms with E-state index in [1.165, 1.54) is 4.90 Å². The molecule has 150 valence electrons. The molecule has 2 aromatic rings. The molecule has 0 aliphatic heterocycles. The third kappa shape index (κ3) is 6.30. The van der Waals surface area contributed by atoms with Crippen LogP contribution < -0.4 is 9.64 Å². The summed E-state index contributed by atoms with van der Waals surface area (Å²) in [6, 6.07) is 15.3. The summed E-state index contributed by atoms with van der Waals surface area (Å²) in [4.78, 5) is 27.9. The maximum absolute atomic E-state index is 12.2. The molecule has 0 fully saturated rings. The quantitative estimate of drug-likeness (QED) is 0.655. The second-order valence-electron chi connectivity index (χ2n) is 6.99. The van der Waals surface area contributed by atoms with Crippen LogP contribution in [0.25, 0.3) is 0 Å². The molecule has 0 saturated carbocycles. The number of carbonyl (C=O) groups is 2. The summed E-state index contributed by atoms with van der Waals surface area (Å²) in [6.07, 6.45) is -0.792. The summed E-state index contributed by atoms with van der Waals surface area (Å²) in [7, 11) is 5.63. The van der Waals surface area contributed by atoms with Gasteiger partial charge in [-0.15, -0.1) is 0 Å². The molecule has 0 aliphatic rings. The molecule has 0 aromatic heterocycles. The van der Waals surface area contributed by atoms with E-state index in [0.717, 1.165) is 16.8 Å². The molecule has 28 heavy (non-hydrogen) atoms. The highest BCUT2D eigenvalue weighted by molar-refractivity contribution is 5.82. The Hall–Kier alpha value is -3.02. The van der Waals surface area contributed by atoms with Crippen molar-refractivity contribution >= 4 is 17.6 Å². The molecule has 1 amide bonds. The van der Waals surface area contributed by atoms with Gasteiger partial charge in [0.25, 0.3) is 5.91 Å². The van der Waals surface area contributed by atoms with Crippen LogP contribution in [-0.4, -0.2) is 50.6 Å². The average Bonchev–Trinajstić information content (AvgIpc) is 2.67. The standard InChI is InChI=1S/C22H28N2O4/c1-16-6-12-20(13-7-16)28-17(2)22(26)27-15-21(25)24(5)14-18-8-10-19(11-9-18)23(3)4/h6-13,17H,14-15H2,1-5H3. The highest BCUT2D eigenvalue weighted by atomic mass is 16.6. The Morgan fingerprint density at radius 3 is 2.14 bits per heavy atom. The fourth-order valence-electron chi connectivity index (χ4n) is 2.49. The van der Waals surface area contributed by atoms with Crippen molar-refractivity contribution in [3.05, 3.63) is 59.7 Å². The number of aryl methyl sites for hydroxylation is 1. The number of anilines is 1. The number of amides is 1. The van der Waals surface area contributed by atoms with Gasteiger partial charge in [0.1, 0.15) is 5.75 Å². The third-order valence-corrected chi connectivity index (χ3v) is 4.30. The van der Waals surface area contributed by atoms with E-state index in [1.807, 2.05) is 62.3 Å². The van der Waals surface area contributed by atoms with Crippen LogP contribution in [-0.2, 0) is 20.9 Å². The minimum atomic E-state index is -0.792. The predicted octanol–water partition coefficient (Wildman–Crippen LogP) is 3.03. The Balaban J connectivity index is 1.79. The predicted molar refractivity (Wildman–Crippen MR) is 109 cm³/mol. The van der Waals surface area contributed by atoms with Crippen LogP contribution in [0.4, 0.5) is 5.69 Å². The molecule has 0 heterocycles. The van der Waals surface area contributed by atoms with Crippen LogP contribution in [0.2, 0.25) is 0 Å². The fourth-order valence-corrected chi connectivity index (χ4v) is 2.49. The highest BCUT2D eigenvalue weighted by Crippen LogP contribution is 2.15. The smallest absolute Gasteiger partial charge is 0.347 e. The number of hydrogen-bond acceptors (Lipinski definition) is 5. The van der Waals surface area contributed by atoms with Crippen LogP contribution in [0.3, 0.4) is 0 Å². The molecule has 0 N–H and O–H groups in total.